The third-order valence-electron chi connectivity index (χ3n) is 4.75. The number of rotatable bonds is 6. The number of ether oxygens (including phenoxy) is 3. The van der Waals surface area contributed by atoms with Gasteiger partial charge >= 0.3 is 0 Å². The Balaban J connectivity index is 1.58. The lowest BCUT2D eigenvalue weighted by atomic mass is 9.94. The standard InChI is InChI=1S/C22H24F2O3/c1-3-4-15-7-10-18(26-13-15)17-8-5-16(6-9-17)14-27-20-12-11-19(25-2)21(23)22(20)24/h3-6,8-9,11-12,15,18H,7,10,13-14H2,1-2H3/b4-3+. The van der Waals surface area contributed by atoms with E-state index < -0.39 is 11.6 Å². The SMILES string of the molecule is C/C=C/C1CCC(c2ccc(COc3ccc(OC)c(F)c3F)cc2)OC1. The lowest BCUT2D eigenvalue weighted by Gasteiger charge is -2.27. The summed E-state index contributed by atoms with van der Waals surface area (Å²) in [5, 5.41) is 0. The molecule has 0 spiro atoms. The summed E-state index contributed by atoms with van der Waals surface area (Å²) in [6, 6.07) is 10.6. The Bertz CT molecular complexity index is 779. The van der Waals surface area contributed by atoms with Crippen molar-refractivity contribution in [3.63, 3.8) is 0 Å². The minimum Gasteiger partial charge on any atom is -0.494 e. The van der Waals surface area contributed by atoms with E-state index in [1.165, 1.54) is 19.2 Å². The van der Waals surface area contributed by atoms with Crippen LogP contribution in [0.25, 0.3) is 0 Å². The summed E-state index contributed by atoms with van der Waals surface area (Å²) in [6.07, 6.45) is 6.47. The quantitative estimate of drug-likeness (QED) is 0.616. The van der Waals surface area contributed by atoms with Crippen molar-refractivity contribution in [1.82, 2.24) is 0 Å². The van der Waals surface area contributed by atoms with Crippen molar-refractivity contribution in [1.29, 1.82) is 0 Å². The molecular formula is C22H24F2O3. The van der Waals surface area contributed by atoms with Gasteiger partial charge in [0.25, 0.3) is 0 Å². The summed E-state index contributed by atoms with van der Waals surface area (Å²) in [5.74, 6) is -1.87. The van der Waals surface area contributed by atoms with Crippen LogP contribution in [0.3, 0.4) is 0 Å². The molecule has 0 radical (unpaired) electrons. The second kappa shape index (κ2) is 9.00. The van der Waals surface area contributed by atoms with E-state index in [4.69, 9.17) is 14.2 Å². The van der Waals surface area contributed by atoms with Crippen molar-refractivity contribution >= 4 is 0 Å². The molecule has 2 aromatic rings. The van der Waals surface area contributed by atoms with Crippen molar-refractivity contribution in [2.75, 3.05) is 13.7 Å². The molecule has 0 amide bonds. The summed E-state index contributed by atoms with van der Waals surface area (Å²) >= 11 is 0. The molecule has 0 bridgehead atoms. The van der Waals surface area contributed by atoms with Crippen LogP contribution in [0.1, 0.15) is 37.0 Å². The van der Waals surface area contributed by atoms with E-state index in [0.717, 1.165) is 30.6 Å². The van der Waals surface area contributed by atoms with Crippen LogP contribution in [-0.4, -0.2) is 13.7 Å². The molecule has 1 saturated heterocycles. The highest BCUT2D eigenvalue weighted by molar-refractivity contribution is 5.35. The van der Waals surface area contributed by atoms with Gasteiger partial charge < -0.3 is 14.2 Å². The maximum atomic E-state index is 13.9. The van der Waals surface area contributed by atoms with Gasteiger partial charge in [-0.3, -0.25) is 0 Å². The Morgan fingerprint density at radius 1 is 1.04 bits per heavy atom. The van der Waals surface area contributed by atoms with Gasteiger partial charge in [0.2, 0.25) is 11.6 Å². The minimum absolute atomic E-state index is 0.106. The zero-order valence-corrected chi connectivity index (χ0v) is 15.6. The second-order valence-corrected chi connectivity index (χ2v) is 6.61. The number of halogens is 2. The Labute approximate surface area is 158 Å². The molecular weight excluding hydrogens is 350 g/mol. The van der Waals surface area contributed by atoms with Gasteiger partial charge in [0, 0.05) is 5.92 Å². The van der Waals surface area contributed by atoms with Crippen LogP contribution < -0.4 is 9.47 Å². The molecule has 144 valence electrons. The molecule has 0 aliphatic carbocycles. The molecule has 2 atom stereocenters. The number of allylic oxidation sites excluding steroid dienone is 1. The Hall–Kier alpha value is -2.40. The first kappa shape index (κ1) is 19.4. The van der Waals surface area contributed by atoms with E-state index in [0.29, 0.717) is 5.92 Å². The number of benzene rings is 2. The molecule has 3 rings (SSSR count). The van der Waals surface area contributed by atoms with Crippen LogP contribution >= 0.6 is 0 Å². The highest BCUT2D eigenvalue weighted by Gasteiger charge is 2.21. The van der Waals surface area contributed by atoms with E-state index in [1.54, 1.807) is 0 Å². The van der Waals surface area contributed by atoms with Crippen LogP contribution in [0.15, 0.2) is 48.6 Å². The summed E-state index contributed by atoms with van der Waals surface area (Å²) < 4.78 is 43.8. The molecule has 27 heavy (non-hydrogen) atoms. The molecule has 0 N–H and O–H groups in total. The fourth-order valence-electron chi connectivity index (χ4n) is 3.23. The average Bonchev–Trinajstić information content (AvgIpc) is 2.70. The first-order chi connectivity index (χ1) is 13.1. The van der Waals surface area contributed by atoms with Crippen LogP contribution in [-0.2, 0) is 11.3 Å². The molecule has 2 aromatic carbocycles. The second-order valence-electron chi connectivity index (χ2n) is 6.61. The van der Waals surface area contributed by atoms with Crippen molar-refractivity contribution < 1.29 is 23.0 Å². The molecule has 2 unspecified atom stereocenters. The van der Waals surface area contributed by atoms with Crippen LogP contribution in [0.4, 0.5) is 8.78 Å². The Kier molecular flexibility index (Phi) is 6.45. The highest BCUT2D eigenvalue weighted by Crippen LogP contribution is 2.32. The largest absolute Gasteiger partial charge is 0.494 e. The number of hydrogen-bond donors (Lipinski definition) is 0. The van der Waals surface area contributed by atoms with Crippen LogP contribution in [0, 0.1) is 17.6 Å². The summed E-state index contributed by atoms with van der Waals surface area (Å²) in [7, 11) is 1.29. The van der Waals surface area contributed by atoms with E-state index >= 15 is 0 Å². The van der Waals surface area contributed by atoms with Gasteiger partial charge in [0.05, 0.1) is 19.8 Å². The van der Waals surface area contributed by atoms with Gasteiger partial charge in [0.1, 0.15) is 6.61 Å². The topological polar surface area (TPSA) is 27.7 Å². The van der Waals surface area contributed by atoms with Gasteiger partial charge in [-0.2, -0.15) is 8.78 Å². The molecule has 1 aliphatic heterocycles. The third-order valence-corrected chi connectivity index (χ3v) is 4.75. The highest BCUT2D eigenvalue weighted by atomic mass is 19.2. The smallest absolute Gasteiger partial charge is 0.204 e. The Morgan fingerprint density at radius 2 is 1.74 bits per heavy atom. The van der Waals surface area contributed by atoms with Gasteiger partial charge in [0.15, 0.2) is 11.5 Å². The molecule has 1 fully saturated rings. The van der Waals surface area contributed by atoms with Crippen molar-refractivity contribution in [3.8, 4) is 11.5 Å². The van der Waals surface area contributed by atoms with Gasteiger partial charge in [-0.15, -0.1) is 0 Å². The van der Waals surface area contributed by atoms with Crippen LogP contribution in [0.2, 0.25) is 0 Å². The minimum atomic E-state index is -1.05. The lowest BCUT2D eigenvalue weighted by Crippen LogP contribution is -2.19. The van der Waals surface area contributed by atoms with Crippen molar-refractivity contribution in [3.05, 3.63) is 71.3 Å². The summed E-state index contributed by atoms with van der Waals surface area (Å²) in [4.78, 5) is 0. The normalized spacial score (nSPS) is 20.0. The van der Waals surface area contributed by atoms with Crippen molar-refractivity contribution in [2.24, 2.45) is 5.92 Å². The van der Waals surface area contributed by atoms with Gasteiger partial charge in [-0.05, 0) is 43.0 Å². The lowest BCUT2D eigenvalue weighted by molar-refractivity contribution is -0.00526. The molecule has 0 aromatic heterocycles. The van der Waals surface area contributed by atoms with Gasteiger partial charge in [-0.25, -0.2) is 0 Å². The zero-order valence-electron chi connectivity index (χ0n) is 15.6. The number of methoxy groups -OCH3 is 1. The predicted octanol–water partition coefficient (Wildman–Crippen LogP) is 5.60. The first-order valence-corrected chi connectivity index (χ1v) is 9.10. The predicted molar refractivity (Wildman–Crippen MR) is 99.9 cm³/mol. The third kappa shape index (κ3) is 4.66. The average molecular weight is 374 g/mol. The molecule has 1 aliphatic rings. The summed E-state index contributed by atoms with van der Waals surface area (Å²) in [6.45, 7) is 2.92. The van der Waals surface area contributed by atoms with E-state index in [1.807, 2.05) is 31.2 Å². The van der Waals surface area contributed by atoms with E-state index in [9.17, 15) is 8.78 Å². The van der Waals surface area contributed by atoms with Crippen molar-refractivity contribution in [2.45, 2.75) is 32.5 Å². The monoisotopic (exact) mass is 374 g/mol. The van der Waals surface area contributed by atoms with Crippen LogP contribution in [0.5, 0.6) is 11.5 Å². The maximum absolute atomic E-state index is 13.9. The van der Waals surface area contributed by atoms with E-state index in [-0.39, 0.29) is 24.2 Å². The fraction of sp³-hybridized carbons (Fsp3) is 0.364. The number of hydrogen-bond acceptors (Lipinski definition) is 3. The molecule has 3 nitrogen and oxygen atoms in total. The molecule has 5 heteroatoms. The van der Waals surface area contributed by atoms with E-state index in [2.05, 4.69) is 12.2 Å². The summed E-state index contributed by atoms with van der Waals surface area (Å²) in [5.41, 5.74) is 2.00. The zero-order chi connectivity index (χ0) is 19.2. The molecule has 0 saturated carbocycles. The Morgan fingerprint density at radius 3 is 2.37 bits per heavy atom. The first-order valence-electron chi connectivity index (χ1n) is 9.10. The fourth-order valence-corrected chi connectivity index (χ4v) is 3.23. The molecule has 1 heterocycles. The van der Waals surface area contributed by atoms with Gasteiger partial charge in [-0.1, -0.05) is 36.4 Å². The maximum Gasteiger partial charge on any atom is 0.204 e.